The van der Waals surface area contributed by atoms with E-state index in [4.69, 9.17) is 5.73 Å². The molecule has 2 aromatic carbocycles. The molecule has 4 rings (SSSR count). The minimum Gasteiger partial charge on any atom is -0.370 e. The van der Waals surface area contributed by atoms with Gasteiger partial charge in [0.25, 0.3) is 0 Å². The fraction of sp³-hybridized carbons (Fsp3) is 0.263. The highest BCUT2D eigenvalue weighted by Gasteiger charge is 2.19. The quantitative estimate of drug-likeness (QED) is 0.355. The first-order valence-electron chi connectivity index (χ1n) is 8.46. The van der Waals surface area contributed by atoms with Crippen molar-refractivity contribution >= 4 is 57.2 Å². The summed E-state index contributed by atoms with van der Waals surface area (Å²) in [5, 5.41) is 5.60. The number of halogens is 1. The molecule has 0 amide bonds. The molecular formula is C19H22IN5S. The second-order valence-electron chi connectivity index (χ2n) is 6.14. The standard InChI is InChI=1S/C19H21N5S.HI/c20-18(23-8-10-24(11-9-23)19-21-7-12-25-19)22-14-15-5-6-16-3-1-2-4-17(16)13-15;/h1-7,12-13H,8-11,14H2,(H2,20,22);1H. The Balaban J connectivity index is 0.00000196. The number of guanidine groups is 1. The highest BCUT2D eigenvalue weighted by atomic mass is 127. The Bertz CT molecular complexity index is 873. The van der Waals surface area contributed by atoms with Crippen LogP contribution in [0.5, 0.6) is 0 Å². The zero-order chi connectivity index (χ0) is 17.1. The summed E-state index contributed by atoms with van der Waals surface area (Å²) in [6.45, 7) is 4.24. The van der Waals surface area contributed by atoms with Crippen molar-refractivity contribution in [3.05, 3.63) is 59.6 Å². The molecule has 0 atom stereocenters. The zero-order valence-corrected chi connectivity index (χ0v) is 17.6. The van der Waals surface area contributed by atoms with Crippen molar-refractivity contribution in [2.45, 2.75) is 6.54 Å². The van der Waals surface area contributed by atoms with E-state index in [1.54, 1.807) is 11.3 Å². The van der Waals surface area contributed by atoms with Gasteiger partial charge in [-0.1, -0.05) is 36.4 Å². The number of nitrogens with two attached hydrogens (primary N) is 1. The number of hydrogen-bond donors (Lipinski definition) is 1. The summed E-state index contributed by atoms with van der Waals surface area (Å²) in [5.74, 6) is 0.631. The Morgan fingerprint density at radius 1 is 1.08 bits per heavy atom. The molecule has 0 spiro atoms. The first-order chi connectivity index (χ1) is 12.3. The molecule has 0 radical (unpaired) electrons. The van der Waals surface area contributed by atoms with Gasteiger partial charge < -0.3 is 15.5 Å². The van der Waals surface area contributed by atoms with E-state index in [0.717, 1.165) is 31.3 Å². The molecule has 1 saturated heterocycles. The van der Waals surface area contributed by atoms with Crippen molar-refractivity contribution in [3.8, 4) is 0 Å². The van der Waals surface area contributed by atoms with Gasteiger partial charge in [0.15, 0.2) is 11.1 Å². The summed E-state index contributed by atoms with van der Waals surface area (Å²) in [6.07, 6.45) is 1.85. The van der Waals surface area contributed by atoms with Gasteiger partial charge in [-0.3, -0.25) is 0 Å². The van der Waals surface area contributed by atoms with Crippen molar-refractivity contribution < 1.29 is 0 Å². The van der Waals surface area contributed by atoms with Gasteiger partial charge in [0, 0.05) is 37.8 Å². The lowest BCUT2D eigenvalue weighted by Gasteiger charge is -2.35. The Hall–Kier alpha value is -1.87. The van der Waals surface area contributed by atoms with Crippen LogP contribution in [0.2, 0.25) is 0 Å². The summed E-state index contributed by atoms with van der Waals surface area (Å²) < 4.78 is 0. The number of piperazine rings is 1. The highest BCUT2D eigenvalue weighted by Crippen LogP contribution is 2.19. The van der Waals surface area contributed by atoms with Crippen LogP contribution in [-0.2, 0) is 6.54 Å². The average molecular weight is 479 g/mol. The molecule has 1 fully saturated rings. The lowest BCUT2D eigenvalue weighted by Crippen LogP contribution is -2.51. The maximum atomic E-state index is 6.22. The van der Waals surface area contributed by atoms with Crippen LogP contribution >= 0.6 is 35.3 Å². The number of nitrogens with zero attached hydrogens (tertiary/aromatic N) is 4. The molecule has 0 saturated carbocycles. The molecule has 1 aromatic heterocycles. The van der Waals surface area contributed by atoms with E-state index in [1.165, 1.54) is 16.3 Å². The van der Waals surface area contributed by atoms with Crippen LogP contribution in [0.3, 0.4) is 0 Å². The van der Waals surface area contributed by atoms with E-state index >= 15 is 0 Å². The molecule has 0 aliphatic carbocycles. The first-order valence-corrected chi connectivity index (χ1v) is 9.34. The number of aliphatic imine (C=N–C) groups is 1. The minimum absolute atomic E-state index is 0. The van der Waals surface area contributed by atoms with E-state index in [9.17, 15) is 0 Å². The van der Waals surface area contributed by atoms with Crippen molar-refractivity contribution in [2.75, 3.05) is 31.1 Å². The fourth-order valence-corrected chi connectivity index (χ4v) is 3.81. The summed E-state index contributed by atoms with van der Waals surface area (Å²) in [6, 6.07) is 14.8. The van der Waals surface area contributed by atoms with Gasteiger partial charge in [0.2, 0.25) is 0 Å². The van der Waals surface area contributed by atoms with Gasteiger partial charge in [-0.05, 0) is 22.4 Å². The minimum atomic E-state index is 0. The number of anilines is 1. The maximum Gasteiger partial charge on any atom is 0.191 e. The second-order valence-corrected chi connectivity index (χ2v) is 7.02. The molecule has 136 valence electrons. The van der Waals surface area contributed by atoms with E-state index in [1.807, 2.05) is 11.6 Å². The normalized spacial score (nSPS) is 15.2. The van der Waals surface area contributed by atoms with Gasteiger partial charge in [0.05, 0.1) is 6.54 Å². The fourth-order valence-electron chi connectivity index (χ4n) is 3.11. The largest absolute Gasteiger partial charge is 0.370 e. The predicted octanol–water partition coefficient (Wildman–Crippen LogP) is 3.55. The van der Waals surface area contributed by atoms with Crippen LogP contribution in [0.25, 0.3) is 10.8 Å². The predicted molar refractivity (Wildman–Crippen MR) is 121 cm³/mol. The molecular weight excluding hydrogens is 457 g/mol. The highest BCUT2D eigenvalue weighted by molar-refractivity contribution is 14.0. The Morgan fingerprint density at radius 3 is 2.58 bits per heavy atom. The van der Waals surface area contributed by atoms with Crippen molar-refractivity contribution in [1.82, 2.24) is 9.88 Å². The molecule has 3 aromatic rings. The third kappa shape index (κ3) is 4.27. The van der Waals surface area contributed by atoms with Crippen LogP contribution in [0.1, 0.15) is 5.56 Å². The van der Waals surface area contributed by atoms with E-state index < -0.39 is 0 Å². The monoisotopic (exact) mass is 479 g/mol. The lowest BCUT2D eigenvalue weighted by molar-refractivity contribution is 0.380. The summed E-state index contributed by atoms with van der Waals surface area (Å²) >= 11 is 1.68. The van der Waals surface area contributed by atoms with Crippen LogP contribution in [0.15, 0.2) is 59.0 Å². The summed E-state index contributed by atoms with van der Waals surface area (Å²) in [5.41, 5.74) is 7.40. The van der Waals surface area contributed by atoms with Crippen molar-refractivity contribution in [1.29, 1.82) is 0 Å². The number of benzene rings is 2. The molecule has 7 heteroatoms. The smallest absolute Gasteiger partial charge is 0.191 e. The second kappa shape index (κ2) is 8.68. The molecule has 1 aliphatic rings. The molecule has 26 heavy (non-hydrogen) atoms. The number of fused-ring (bicyclic) bond motifs is 1. The number of rotatable bonds is 3. The number of aromatic nitrogens is 1. The molecule has 5 nitrogen and oxygen atoms in total. The molecule has 1 aliphatic heterocycles. The van der Waals surface area contributed by atoms with Gasteiger partial charge >= 0.3 is 0 Å². The van der Waals surface area contributed by atoms with Crippen LogP contribution in [0.4, 0.5) is 5.13 Å². The Kier molecular flexibility index (Phi) is 6.31. The molecule has 2 N–H and O–H groups in total. The van der Waals surface area contributed by atoms with Gasteiger partial charge in [0.1, 0.15) is 0 Å². The summed E-state index contributed by atoms with van der Waals surface area (Å²) in [7, 11) is 0. The zero-order valence-electron chi connectivity index (χ0n) is 14.4. The Labute approximate surface area is 174 Å². The van der Waals surface area contributed by atoms with E-state index in [2.05, 4.69) is 62.2 Å². The lowest BCUT2D eigenvalue weighted by atomic mass is 10.1. The molecule has 0 bridgehead atoms. The van der Waals surface area contributed by atoms with E-state index in [-0.39, 0.29) is 24.0 Å². The van der Waals surface area contributed by atoms with Crippen molar-refractivity contribution in [2.24, 2.45) is 10.7 Å². The SMILES string of the molecule is I.NC(=NCc1ccc2ccccc2c1)N1CCN(c2nccs2)CC1. The average Bonchev–Trinajstić information content (AvgIpc) is 3.21. The van der Waals surface area contributed by atoms with Gasteiger partial charge in [-0.15, -0.1) is 35.3 Å². The summed E-state index contributed by atoms with van der Waals surface area (Å²) in [4.78, 5) is 13.4. The maximum absolute atomic E-state index is 6.22. The van der Waals surface area contributed by atoms with Crippen LogP contribution < -0.4 is 10.6 Å². The number of thiazole rings is 1. The van der Waals surface area contributed by atoms with E-state index in [0.29, 0.717) is 12.5 Å². The topological polar surface area (TPSA) is 57.8 Å². The third-order valence-electron chi connectivity index (χ3n) is 4.53. The van der Waals surface area contributed by atoms with Gasteiger partial charge in [-0.2, -0.15) is 0 Å². The van der Waals surface area contributed by atoms with Gasteiger partial charge in [-0.25, -0.2) is 9.98 Å². The number of hydrogen-bond acceptors (Lipinski definition) is 4. The third-order valence-corrected chi connectivity index (χ3v) is 5.36. The van der Waals surface area contributed by atoms with Crippen molar-refractivity contribution in [3.63, 3.8) is 0 Å². The molecule has 0 unspecified atom stereocenters. The Morgan fingerprint density at radius 2 is 1.85 bits per heavy atom. The first kappa shape index (κ1) is 18.9. The molecule has 2 heterocycles. The van der Waals surface area contributed by atoms with Crippen LogP contribution in [-0.4, -0.2) is 42.0 Å². The van der Waals surface area contributed by atoms with Crippen LogP contribution in [0, 0.1) is 0 Å².